The van der Waals surface area contributed by atoms with Crippen molar-refractivity contribution in [3.05, 3.63) is 29.8 Å². The van der Waals surface area contributed by atoms with Crippen molar-refractivity contribution in [3.63, 3.8) is 0 Å². The number of hydrogen-bond acceptors (Lipinski definition) is 5. The molecule has 0 heterocycles. The minimum Gasteiger partial charge on any atom is -0.497 e. The zero-order chi connectivity index (χ0) is 12.9. The first-order chi connectivity index (χ1) is 8.14. The highest BCUT2D eigenvalue weighted by Crippen LogP contribution is 2.47. The lowest BCUT2D eigenvalue weighted by atomic mass is 10.1. The fourth-order valence-corrected chi connectivity index (χ4v) is 4.68. The van der Waals surface area contributed by atoms with E-state index in [1.54, 1.807) is 30.6 Å². The molecule has 0 aliphatic heterocycles. The molecule has 1 rings (SSSR count). The summed E-state index contributed by atoms with van der Waals surface area (Å²) in [6.45, 7) is 0. The van der Waals surface area contributed by atoms with E-state index in [9.17, 15) is 4.79 Å². The Morgan fingerprint density at radius 1 is 1.12 bits per heavy atom. The Bertz CT molecular complexity index is 372. The van der Waals surface area contributed by atoms with E-state index in [-0.39, 0.29) is 5.12 Å². The van der Waals surface area contributed by atoms with Gasteiger partial charge in [-0.05, 0) is 36.5 Å². The van der Waals surface area contributed by atoms with Crippen molar-refractivity contribution in [1.29, 1.82) is 0 Å². The molecule has 94 valence electrons. The maximum atomic E-state index is 12.1. The number of rotatable bonds is 5. The van der Waals surface area contributed by atoms with Gasteiger partial charge in [-0.1, -0.05) is 23.9 Å². The van der Waals surface area contributed by atoms with Crippen LogP contribution in [-0.4, -0.2) is 31.0 Å². The molecule has 0 N–H and O–H groups in total. The van der Waals surface area contributed by atoms with Gasteiger partial charge < -0.3 is 4.74 Å². The van der Waals surface area contributed by atoms with E-state index in [0.29, 0.717) is 0 Å². The van der Waals surface area contributed by atoms with E-state index >= 15 is 0 Å². The molecule has 0 amide bonds. The smallest absolute Gasteiger partial charge is 0.219 e. The SMILES string of the molecule is COc1ccc(C(SC)(SC)C(=O)SC)cc1. The number of thioether (sulfide) groups is 3. The highest BCUT2D eigenvalue weighted by molar-refractivity contribution is 8.23. The third kappa shape index (κ3) is 2.95. The lowest BCUT2D eigenvalue weighted by Crippen LogP contribution is -2.25. The topological polar surface area (TPSA) is 26.3 Å². The summed E-state index contributed by atoms with van der Waals surface area (Å²) in [6, 6.07) is 7.70. The first kappa shape index (κ1) is 14.8. The number of methoxy groups -OCH3 is 1. The Kier molecular flexibility index (Phi) is 5.76. The van der Waals surface area contributed by atoms with Gasteiger partial charge in [0.05, 0.1) is 7.11 Å². The zero-order valence-electron chi connectivity index (χ0n) is 10.4. The van der Waals surface area contributed by atoms with Gasteiger partial charge in [0.15, 0.2) is 4.08 Å². The molecule has 5 heteroatoms. The molecule has 0 radical (unpaired) electrons. The normalized spacial score (nSPS) is 11.3. The predicted molar refractivity (Wildman–Crippen MR) is 80.2 cm³/mol. The fourth-order valence-electron chi connectivity index (χ4n) is 1.55. The van der Waals surface area contributed by atoms with Crippen molar-refractivity contribution < 1.29 is 9.53 Å². The van der Waals surface area contributed by atoms with Crippen LogP contribution in [0.3, 0.4) is 0 Å². The third-order valence-electron chi connectivity index (χ3n) is 2.50. The van der Waals surface area contributed by atoms with Gasteiger partial charge in [0.25, 0.3) is 0 Å². The number of ether oxygens (including phenoxy) is 1. The fraction of sp³-hybridized carbons (Fsp3) is 0.417. The molecule has 1 aromatic rings. The van der Waals surface area contributed by atoms with Gasteiger partial charge in [-0.15, -0.1) is 23.5 Å². The molecule has 0 spiro atoms. The highest BCUT2D eigenvalue weighted by Gasteiger charge is 2.38. The van der Waals surface area contributed by atoms with Gasteiger partial charge >= 0.3 is 0 Å². The van der Waals surface area contributed by atoms with Crippen LogP contribution in [0, 0.1) is 0 Å². The summed E-state index contributed by atoms with van der Waals surface area (Å²) in [7, 11) is 1.64. The van der Waals surface area contributed by atoms with E-state index in [0.717, 1.165) is 11.3 Å². The largest absolute Gasteiger partial charge is 0.497 e. The highest BCUT2D eigenvalue weighted by atomic mass is 32.2. The summed E-state index contributed by atoms with van der Waals surface area (Å²) in [6.07, 6.45) is 5.76. The molecule has 0 fully saturated rings. The van der Waals surface area contributed by atoms with Crippen LogP contribution in [0.25, 0.3) is 0 Å². The van der Waals surface area contributed by atoms with E-state index in [1.165, 1.54) is 11.8 Å². The van der Waals surface area contributed by atoms with Crippen molar-refractivity contribution in [2.24, 2.45) is 0 Å². The summed E-state index contributed by atoms with van der Waals surface area (Å²) < 4.78 is 4.61. The average molecular weight is 288 g/mol. The zero-order valence-corrected chi connectivity index (χ0v) is 12.8. The minimum atomic E-state index is -0.522. The lowest BCUT2D eigenvalue weighted by Gasteiger charge is -2.28. The minimum absolute atomic E-state index is 0.169. The first-order valence-corrected chi connectivity index (χ1v) is 8.65. The Morgan fingerprint density at radius 2 is 1.65 bits per heavy atom. The van der Waals surface area contributed by atoms with Gasteiger partial charge in [0.1, 0.15) is 5.75 Å². The molecule has 2 nitrogen and oxygen atoms in total. The molecule has 0 aliphatic carbocycles. The molecular weight excluding hydrogens is 272 g/mol. The number of hydrogen-bond donors (Lipinski definition) is 0. The number of benzene rings is 1. The standard InChI is InChI=1S/C12H16O2S3/c1-14-10-7-5-9(6-8-10)12(16-3,17-4)11(13)15-2/h5-8H,1-4H3. The second kappa shape index (κ2) is 6.61. The van der Waals surface area contributed by atoms with Gasteiger partial charge in [-0.3, -0.25) is 4.79 Å². The Hall–Kier alpha value is -0.260. The van der Waals surface area contributed by atoms with E-state index < -0.39 is 4.08 Å². The van der Waals surface area contributed by atoms with Crippen LogP contribution in [0.1, 0.15) is 5.56 Å². The van der Waals surface area contributed by atoms with Crippen molar-refractivity contribution in [1.82, 2.24) is 0 Å². The average Bonchev–Trinajstić information content (AvgIpc) is 2.41. The van der Waals surface area contributed by atoms with Crippen LogP contribution in [0.2, 0.25) is 0 Å². The molecule has 17 heavy (non-hydrogen) atoms. The van der Waals surface area contributed by atoms with Crippen LogP contribution in [0.5, 0.6) is 5.75 Å². The van der Waals surface area contributed by atoms with Crippen LogP contribution >= 0.6 is 35.3 Å². The van der Waals surface area contributed by atoms with Gasteiger partial charge in [0.2, 0.25) is 5.12 Å². The quantitative estimate of drug-likeness (QED) is 0.773. The Labute approximate surface area is 115 Å². The predicted octanol–water partition coefficient (Wildman–Crippen LogP) is 3.46. The molecule has 1 aromatic carbocycles. The first-order valence-electron chi connectivity index (χ1n) is 4.97. The second-order valence-corrected chi connectivity index (χ2v) is 6.32. The molecule has 0 atom stereocenters. The van der Waals surface area contributed by atoms with E-state index in [4.69, 9.17) is 4.74 Å². The maximum absolute atomic E-state index is 12.1. The van der Waals surface area contributed by atoms with Gasteiger partial charge in [-0.25, -0.2) is 0 Å². The van der Waals surface area contributed by atoms with Crippen LogP contribution < -0.4 is 4.74 Å². The van der Waals surface area contributed by atoms with Gasteiger partial charge in [-0.2, -0.15) is 0 Å². The molecular formula is C12H16O2S3. The number of carbonyl (C=O) groups is 1. The monoisotopic (exact) mass is 288 g/mol. The maximum Gasteiger partial charge on any atom is 0.219 e. The summed E-state index contributed by atoms with van der Waals surface area (Å²) in [5.74, 6) is 0.807. The van der Waals surface area contributed by atoms with Crippen molar-refractivity contribution >= 4 is 40.4 Å². The molecule has 0 aromatic heterocycles. The molecule has 0 bridgehead atoms. The summed E-state index contributed by atoms with van der Waals surface area (Å²) >= 11 is 4.41. The summed E-state index contributed by atoms with van der Waals surface area (Å²) in [4.78, 5) is 12.1. The molecule has 0 aliphatic rings. The molecule has 0 saturated heterocycles. The van der Waals surface area contributed by atoms with Crippen LogP contribution in [-0.2, 0) is 8.87 Å². The van der Waals surface area contributed by atoms with Crippen molar-refractivity contribution in [2.45, 2.75) is 4.08 Å². The second-order valence-electron chi connectivity index (χ2n) is 3.24. The molecule has 0 unspecified atom stereocenters. The molecule has 0 saturated carbocycles. The van der Waals surface area contributed by atoms with Gasteiger partial charge in [0, 0.05) is 0 Å². The van der Waals surface area contributed by atoms with Crippen LogP contribution in [0.4, 0.5) is 0 Å². The van der Waals surface area contributed by atoms with E-state index in [1.807, 2.05) is 43.0 Å². The Balaban J connectivity index is 3.17. The summed E-state index contributed by atoms with van der Waals surface area (Å²) in [5.41, 5.74) is 1.01. The summed E-state index contributed by atoms with van der Waals surface area (Å²) in [5, 5.41) is 0.169. The lowest BCUT2D eigenvalue weighted by molar-refractivity contribution is -0.111. The van der Waals surface area contributed by atoms with E-state index in [2.05, 4.69) is 0 Å². The van der Waals surface area contributed by atoms with Crippen molar-refractivity contribution in [2.75, 3.05) is 25.9 Å². The Morgan fingerprint density at radius 3 is 2.00 bits per heavy atom. The third-order valence-corrected chi connectivity index (χ3v) is 6.43. The van der Waals surface area contributed by atoms with Crippen molar-refractivity contribution in [3.8, 4) is 5.75 Å². The van der Waals surface area contributed by atoms with Crippen LogP contribution in [0.15, 0.2) is 24.3 Å². The number of carbonyl (C=O) groups excluding carboxylic acids is 1.